The average molecular weight is 616 g/mol. The predicted octanol–water partition coefficient (Wildman–Crippen LogP) is 14.3. The van der Waals surface area contributed by atoms with Crippen LogP contribution in [0.15, 0.2) is 12.4 Å². The molecule has 0 aliphatic heterocycles. The van der Waals surface area contributed by atoms with Crippen molar-refractivity contribution in [3.8, 4) is 0 Å². The second kappa shape index (κ2) is 33.6. The first-order valence-corrected chi connectivity index (χ1v) is 20.9. The van der Waals surface area contributed by atoms with E-state index in [0.717, 1.165) is 0 Å². The molecule has 0 radical (unpaired) electrons. The van der Waals surface area contributed by atoms with Crippen LogP contribution in [0.3, 0.4) is 0 Å². The minimum absolute atomic E-state index is 1.23. The van der Waals surface area contributed by atoms with Gasteiger partial charge in [0.1, 0.15) is 12.4 Å². The fourth-order valence-corrected chi connectivity index (χ4v) is 7.03. The van der Waals surface area contributed by atoms with Crippen molar-refractivity contribution >= 4 is 0 Å². The molecule has 1 rings (SSSR count). The molecule has 0 spiro atoms. The summed E-state index contributed by atoms with van der Waals surface area (Å²) in [6, 6.07) is 0. The van der Waals surface area contributed by atoms with Crippen molar-refractivity contribution in [1.29, 1.82) is 0 Å². The van der Waals surface area contributed by atoms with E-state index in [4.69, 9.17) is 0 Å². The van der Waals surface area contributed by atoms with Crippen molar-refractivity contribution in [2.45, 2.75) is 252 Å². The summed E-state index contributed by atoms with van der Waals surface area (Å²) < 4.78 is 5.27. The lowest BCUT2D eigenvalue weighted by Gasteiger charge is -2.07. The van der Waals surface area contributed by atoms with Crippen LogP contribution in [0, 0.1) is 0 Å². The van der Waals surface area contributed by atoms with Gasteiger partial charge in [0.25, 0.3) is 5.82 Å². The third-order valence-electron chi connectivity index (χ3n) is 10.1. The first-order chi connectivity index (χ1) is 21.8. The Kier molecular flexibility index (Phi) is 31.5. The van der Waals surface area contributed by atoms with Crippen LogP contribution in [-0.4, -0.2) is 4.57 Å². The Balaban J connectivity index is 2.23. The number of rotatable bonds is 36. The van der Waals surface area contributed by atoms with E-state index < -0.39 is 0 Å². The molecule has 0 fully saturated rings. The summed E-state index contributed by atoms with van der Waals surface area (Å²) in [5.41, 5.74) is 0. The molecular formula is C42H83N2+. The van der Waals surface area contributed by atoms with Gasteiger partial charge in [-0.1, -0.05) is 201 Å². The van der Waals surface area contributed by atoms with Crippen LogP contribution in [0.1, 0.15) is 238 Å². The monoisotopic (exact) mass is 616 g/mol. The molecule has 0 amide bonds. The summed E-state index contributed by atoms with van der Waals surface area (Å²) in [5.74, 6) is 1.62. The van der Waals surface area contributed by atoms with Gasteiger partial charge in [0.15, 0.2) is 0 Å². The van der Waals surface area contributed by atoms with Crippen molar-refractivity contribution in [2.75, 3.05) is 0 Å². The van der Waals surface area contributed by atoms with E-state index in [0.29, 0.717) is 0 Å². The standard InChI is InChI=1S/C42H83N2/c1-4-7-10-13-16-19-20-21-22-23-24-25-27-30-33-36-39-44-41-40-43(38-35-32-29-26-17-14-11-8-5-2)42(44)37-34-31-28-18-15-12-9-6-3/h40-41H,4-39H2,1-3H3/q+1. The highest BCUT2D eigenvalue weighted by Crippen LogP contribution is 2.16. The van der Waals surface area contributed by atoms with Gasteiger partial charge in [0.05, 0.1) is 13.1 Å². The van der Waals surface area contributed by atoms with Crippen molar-refractivity contribution < 1.29 is 4.57 Å². The molecular weight excluding hydrogens is 532 g/mol. The number of hydrogen-bond acceptors (Lipinski definition) is 0. The fourth-order valence-electron chi connectivity index (χ4n) is 7.03. The Morgan fingerprint density at radius 2 is 0.705 bits per heavy atom. The van der Waals surface area contributed by atoms with Gasteiger partial charge in [0, 0.05) is 6.42 Å². The lowest BCUT2D eigenvalue weighted by atomic mass is 10.0. The van der Waals surface area contributed by atoms with Gasteiger partial charge in [-0.3, -0.25) is 0 Å². The Morgan fingerprint density at radius 3 is 1.09 bits per heavy atom. The van der Waals surface area contributed by atoms with Gasteiger partial charge < -0.3 is 0 Å². The molecule has 1 aromatic rings. The molecule has 1 aromatic heterocycles. The molecule has 0 saturated carbocycles. The first kappa shape index (κ1) is 41.2. The normalized spacial score (nSPS) is 11.6. The third-order valence-corrected chi connectivity index (χ3v) is 10.1. The van der Waals surface area contributed by atoms with Crippen molar-refractivity contribution in [3.05, 3.63) is 18.2 Å². The highest BCUT2D eigenvalue weighted by atomic mass is 15.1. The summed E-state index contributed by atoms with van der Waals surface area (Å²) in [7, 11) is 0. The summed E-state index contributed by atoms with van der Waals surface area (Å²) in [5, 5.41) is 0. The van der Waals surface area contributed by atoms with Crippen LogP contribution in [0.25, 0.3) is 0 Å². The summed E-state index contributed by atoms with van der Waals surface area (Å²) in [6.45, 7) is 9.41. The molecule has 0 atom stereocenters. The number of aryl methyl sites for hydroxylation is 2. The maximum absolute atomic E-state index is 2.64. The second-order valence-electron chi connectivity index (χ2n) is 14.5. The number of unbranched alkanes of at least 4 members (excludes halogenated alkanes) is 30. The molecule has 2 nitrogen and oxygen atoms in total. The van der Waals surface area contributed by atoms with Crippen molar-refractivity contribution in [1.82, 2.24) is 4.57 Å². The molecule has 0 saturated heterocycles. The topological polar surface area (TPSA) is 8.81 Å². The van der Waals surface area contributed by atoms with Crippen LogP contribution < -0.4 is 4.57 Å². The SMILES string of the molecule is CCCCCCCCCCCCCCCCCCn1cc[n+](CCCCCCCCCCC)c1CCCCCCCCCC. The second-order valence-corrected chi connectivity index (χ2v) is 14.5. The maximum atomic E-state index is 2.64. The zero-order valence-electron chi connectivity index (χ0n) is 31.0. The summed E-state index contributed by atoms with van der Waals surface area (Å²) in [6.07, 6.45) is 53.4. The molecule has 0 aliphatic carbocycles. The number of hydrogen-bond donors (Lipinski definition) is 0. The van der Waals surface area contributed by atoms with E-state index in [1.807, 2.05) is 0 Å². The molecule has 0 bridgehead atoms. The largest absolute Gasteiger partial charge is 0.256 e. The Morgan fingerprint density at radius 1 is 0.386 bits per heavy atom. The minimum atomic E-state index is 1.23. The molecule has 260 valence electrons. The molecule has 0 N–H and O–H groups in total. The highest BCUT2D eigenvalue weighted by molar-refractivity contribution is 4.84. The highest BCUT2D eigenvalue weighted by Gasteiger charge is 2.16. The van der Waals surface area contributed by atoms with Crippen LogP contribution >= 0.6 is 0 Å². The third kappa shape index (κ3) is 25.4. The van der Waals surface area contributed by atoms with Crippen LogP contribution in [0.2, 0.25) is 0 Å². The summed E-state index contributed by atoms with van der Waals surface area (Å²) >= 11 is 0. The van der Waals surface area contributed by atoms with Crippen LogP contribution in [0.5, 0.6) is 0 Å². The van der Waals surface area contributed by atoms with Gasteiger partial charge in [-0.2, -0.15) is 0 Å². The van der Waals surface area contributed by atoms with Crippen molar-refractivity contribution in [3.63, 3.8) is 0 Å². The van der Waals surface area contributed by atoms with E-state index in [2.05, 4.69) is 42.3 Å². The van der Waals surface area contributed by atoms with Gasteiger partial charge in [0.2, 0.25) is 0 Å². The minimum Gasteiger partial charge on any atom is -0.234 e. The molecule has 2 heteroatoms. The van der Waals surface area contributed by atoms with E-state index >= 15 is 0 Å². The number of aromatic nitrogens is 2. The molecule has 44 heavy (non-hydrogen) atoms. The fraction of sp³-hybridized carbons (Fsp3) is 0.929. The smallest absolute Gasteiger partial charge is 0.234 e. The predicted molar refractivity (Wildman–Crippen MR) is 198 cm³/mol. The van der Waals surface area contributed by atoms with Gasteiger partial charge in [-0.15, -0.1) is 0 Å². The molecule has 1 heterocycles. The molecule has 0 aromatic carbocycles. The van der Waals surface area contributed by atoms with Gasteiger partial charge in [-0.25, -0.2) is 9.13 Å². The van der Waals surface area contributed by atoms with Crippen LogP contribution in [-0.2, 0) is 19.5 Å². The van der Waals surface area contributed by atoms with Crippen LogP contribution in [0.4, 0.5) is 0 Å². The van der Waals surface area contributed by atoms with E-state index in [1.54, 1.807) is 5.82 Å². The Hall–Kier alpha value is -0.790. The van der Waals surface area contributed by atoms with E-state index in [1.165, 1.54) is 231 Å². The average Bonchev–Trinajstić information content (AvgIpc) is 3.42. The zero-order chi connectivity index (χ0) is 31.6. The quantitative estimate of drug-likeness (QED) is 0.0524. The Labute approximate surface area is 279 Å². The van der Waals surface area contributed by atoms with Gasteiger partial charge >= 0.3 is 0 Å². The maximum Gasteiger partial charge on any atom is 0.256 e. The van der Waals surface area contributed by atoms with Gasteiger partial charge in [-0.05, 0) is 32.1 Å². The number of nitrogens with zero attached hydrogens (tertiary/aromatic N) is 2. The zero-order valence-corrected chi connectivity index (χ0v) is 31.0. The lowest BCUT2D eigenvalue weighted by molar-refractivity contribution is -0.704. The van der Waals surface area contributed by atoms with E-state index in [9.17, 15) is 0 Å². The number of imidazole rings is 1. The molecule has 0 unspecified atom stereocenters. The van der Waals surface area contributed by atoms with E-state index in [-0.39, 0.29) is 0 Å². The molecule has 0 aliphatic rings. The summed E-state index contributed by atoms with van der Waals surface area (Å²) in [4.78, 5) is 0. The first-order valence-electron chi connectivity index (χ1n) is 20.9. The van der Waals surface area contributed by atoms with Crippen molar-refractivity contribution in [2.24, 2.45) is 0 Å². The lowest BCUT2D eigenvalue weighted by Crippen LogP contribution is -2.37. The Bertz CT molecular complexity index is 677.